The second kappa shape index (κ2) is 6.02. The van der Waals surface area contributed by atoms with Gasteiger partial charge in [-0.05, 0) is 23.8 Å². The Morgan fingerprint density at radius 1 is 1.15 bits per heavy atom. The van der Waals surface area contributed by atoms with Crippen molar-refractivity contribution in [3.8, 4) is 6.07 Å². The van der Waals surface area contributed by atoms with Gasteiger partial charge >= 0.3 is 0 Å². The molecule has 0 heterocycles. The molecule has 0 atom stereocenters. The monoisotopic (exact) mass is 336 g/mol. The number of hydrogen-bond acceptors (Lipinski definition) is 2. The molecule has 0 saturated heterocycles. The molecular formula is C15H11BrF2N2. The Kier molecular flexibility index (Phi) is 4.35. The fourth-order valence-corrected chi connectivity index (χ4v) is 2.30. The van der Waals surface area contributed by atoms with Crippen LogP contribution in [0.25, 0.3) is 0 Å². The lowest BCUT2D eigenvalue weighted by Gasteiger charge is -2.21. The van der Waals surface area contributed by atoms with Gasteiger partial charge in [0.1, 0.15) is 6.07 Å². The third kappa shape index (κ3) is 2.81. The van der Waals surface area contributed by atoms with E-state index in [2.05, 4.69) is 15.9 Å². The topological polar surface area (TPSA) is 27.0 Å². The van der Waals surface area contributed by atoms with Crippen LogP contribution in [0.15, 0.2) is 40.9 Å². The van der Waals surface area contributed by atoms with Gasteiger partial charge in [0.2, 0.25) is 0 Å². The summed E-state index contributed by atoms with van der Waals surface area (Å²) in [6, 6.07) is 11.9. The highest BCUT2D eigenvalue weighted by Crippen LogP contribution is 2.26. The van der Waals surface area contributed by atoms with E-state index in [0.717, 1.165) is 10.0 Å². The average molecular weight is 337 g/mol. The highest BCUT2D eigenvalue weighted by atomic mass is 79.9. The quantitative estimate of drug-likeness (QED) is 0.838. The van der Waals surface area contributed by atoms with Gasteiger partial charge in [-0.15, -0.1) is 0 Å². The molecule has 2 rings (SSSR count). The fraction of sp³-hybridized carbons (Fsp3) is 0.133. The van der Waals surface area contributed by atoms with Gasteiger partial charge in [0.25, 0.3) is 0 Å². The van der Waals surface area contributed by atoms with E-state index >= 15 is 0 Å². The molecule has 0 unspecified atom stereocenters. The normalized spacial score (nSPS) is 10.2. The highest BCUT2D eigenvalue weighted by Gasteiger charge is 2.16. The van der Waals surface area contributed by atoms with Gasteiger partial charge in [0.15, 0.2) is 11.6 Å². The Bertz CT molecular complexity index is 680. The molecule has 0 amide bonds. The van der Waals surface area contributed by atoms with Crippen molar-refractivity contribution < 1.29 is 8.78 Å². The number of nitriles is 1. The van der Waals surface area contributed by atoms with E-state index in [1.54, 1.807) is 18.0 Å². The summed E-state index contributed by atoms with van der Waals surface area (Å²) in [6.45, 7) is 0.420. The molecule has 0 aliphatic heterocycles. The van der Waals surface area contributed by atoms with Gasteiger partial charge in [-0.2, -0.15) is 5.26 Å². The summed E-state index contributed by atoms with van der Waals surface area (Å²) in [5.74, 6) is -2.11. The molecule has 2 aromatic rings. The van der Waals surface area contributed by atoms with Crippen molar-refractivity contribution in [2.24, 2.45) is 0 Å². The molecule has 0 fully saturated rings. The molecule has 0 N–H and O–H groups in total. The molecule has 0 bridgehead atoms. The van der Waals surface area contributed by atoms with Crippen LogP contribution in [0.2, 0.25) is 0 Å². The van der Waals surface area contributed by atoms with Gasteiger partial charge in [-0.25, -0.2) is 8.78 Å². The fourth-order valence-electron chi connectivity index (χ4n) is 1.89. The largest absolute Gasteiger partial charge is 0.368 e. The smallest absolute Gasteiger partial charge is 0.183 e. The number of nitrogens with zero attached hydrogens (tertiary/aromatic N) is 2. The summed E-state index contributed by atoms with van der Waals surface area (Å²) in [5, 5.41) is 8.67. The third-order valence-corrected chi connectivity index (χ3v) is 3.73. The van der Waals surface area contributed by atoms with E-state index < -0.39 is 11.6 Å². The second-order valence-electron chi connectivity index (χ2n) is 4.32. The number of rotatable bonds is 3. The van der Waals surface area contributed by atoms with Crippen LogP contribution in [0.5, 0.6) is 0 Å². The zero-order chi connectivity index (χ0) is 14.7. The molecule has 0 radical (unpaired) electrons. The van der Waals surface area contributed by atoms with Gasteiger partial charge in [0.05, 0.1) is 11.3 Å². The van der Waals surface area contributed by atoms with Crippen LogP contribution in [0, 0.1) is 23.0 Å². The van der Waals surface area contributed by atoms with E-state index in [-0.39, 0.29) is 11.3 Å². The number of benzene rings is 2. The van der Waals surface area contributed by atoms with Crippen molar-refractivity contribution in [3.05, 3.63) is 63.6 Å². The first-order valence-corrected chi connectivity index (χ1v) is 6.66. The first kappa shape index (κ1) is 14.5. The zero-order valence-electron chi connectivity index (χ0n) is 10.7. The number of hydrogen-bond donors (Lipinski definition) is 0. The summed E-state index contributed by atoms with van der Waals surface area (Å²) >= 11 is 3.42. The minimum Gasteiger partial charge on any atom is -0.368 e. The van der Waals surface area contributed by atoms with Crippen molar-refractivity contribution in [2.45, 2.75) is 6.54 Å². The van der Waals surface area contributed by atoms with Crippen molar-refractivity contribution in [1.29, 1.82) is 5.26 Å². The first-order valence-electron chi connectivity index (χ1n) is 5.87. The molecule has 0 aliphatic rings. The van der Waals surface area contributed by atoms with E-state index in [1.165, 1.54) is 12.1 Å². The maximum atomic E-state index is 13.9. The maximum Gasteiger partial charge on any atom is 0.183 e. The van der Waals surface area contributed by atoms with Crippen LogP contribution in [-0.4, -0.2) is 7.05 Å². The lowest BCUT2D eigenvalue weighted by Crippen LogP contribution is -2.18. The van der Waals surface area contributed by atoms with Gasteiger partial charge in [0, 0.05) is 18.1 Å². The number of anilines is 1. The molecule has 102 valence electrons. The summed E-state index contributed by atoms with van der Waals surface area (Å²) in [5.41, 5.74) is 0.789. The minimum atomic E-state index is -1.11. The SMILES string of the molecule is CN(Cc1ccccc1Br)c1ccc(C#N)c(F)c1F. The van der Waals surface area contributed by atoms with Crippen molar-refractivity contribution in [3.63, 3.8) is 0 Å². The highest BCUT2D eigenvalue weighted by molar-refractivity contribution is 9.10. The lowest BCUT2D eigenvalue weighted by atomic mass is 10.1. The predicted octanol–water partition coefficient (Wildman–Crippen LogP) is 4.24. The Hall–Kier alpha value is -1.93. The van der Waals surface area contributed by atoms with Crippen molar-refractivity contribution in [2.75, 3.05) is 11.9 Å². The average Bonchev–Trinajstić information content (AvgIpc) is 2.44. The van der Waals surface area contributed by atoms with Crippen LogP contribution in [-0.2, 0) is 6.54 Å². The Morgan fingerprint density at radius 2 is 1.85 bits per heavy atom. The first-order chi connectivity index (χ1) is 9.54. The second-order valence-corrected chi connectivity index (χ2v) is 5.17. The molecule has 5 heteroatoms. The summed E-state index contributed by atoms with van der Waals surface area (Å²) in [7, 11) is 1.67. The van der Waals surface area contributed by atoms with E-state index in [4.69, 9.17) is 5.26 Å². The molecule has 2 nitrogen and oxygen atoms in total. The molecule has 0 aliphatic carbocycles. The van der Waals surface area contributed by atoms with Crippen molar-refractivity contribution in [1.82, 2.24) is 0 Å². The van der Waals surface area contributed by atoms with E-state index in [9.17, 15) is 8.78 Å². The molecule has 20 heavy (non-hydrogen) atoms. The van der Waals surface area contributed by atoms with Crippen molar-refractivity contribution >= 4 is 21.6 Å². The predicted molar refractivity (Wildman–Crippen MR) is 77.3 cm³/mol. The van der Waals surface area contributed by atoms with Crippen LogP contribution in [0.3, 0.4) is 0 Å². The lowest BCUT2D eigenvalue weighted by molar-refractivity contribution is 0.505. The Morgan fingerprint density at radius 3 is 2.50 bits per heavy atom. The summed E-state index contributed by atoms with van der Waals surface area (Å²) < 4.78 is 28.4. The van der Waals surface area contributed by atoms with Crippen LogP contribution >= 0.6 is 15.9 Å². The summed E-state index contributed by atoms with van der Waals surface area (Å²) in [4.78, 5) is 1.60. The van der Waals surface area contributed by atoms with Crippen LogP contribution in [0.4, 0.5) is 14.5 Å². The zero-order valence-corrected chi connectivity index (χ0v) is 12.3. The molecule has 2 aromatic carbocycles. The molecular weight excluding hydrogens is 326 g/mol. The van der Waals surface area contributed by atoms with Crippen LogP contribution in [0.1, 0.15) is 11.1 Å². The van der Waals surface area contributed by atoms with Gasteiger partial charge in [-0.3, -0.25) is 0 Å². The minimum absolute atomic E-state index is 0.122. The summed E-state index contributed by atoms with van der Waals surface area (Å²) in [6.07, 6.45) is 0. The Balaban J connectivity index is 2.31. The van der Waals surface area contributed by atoms with Crippen LogP contribution < -0.4 is 4.90 Å². The molecule has 0 spiro atoms. The standard InChI is InChI=1S/C15H11BrF2N2/c1-20(9-11-4-2-3-5-12(11)16)13-7-6-10(8-19)14(17)15(13)18/h2-7H,9H2,1H3. The molecule has 0 saturated carbocycles. The number of halogens is 3. The third-order valence-electron chi connectivity index (χ3n) is 2.96. The van der Waals surface area contributed by atoms with E-state index in [0.29, 0.717) is 6.54 Å². The van der Waals surface area contributed by atoms with Gasteiger partial charge in [-0.1, -0.05) is 34.1 Å². The van der Waals surface area contributed by atoms with E-state index in [1.807, 2.05) is 24.3 Å². The molecule has 0 aromatic heterocycles. The maximum absolute atomic E-state index is 13.9. The Labute approximate surface area is 124 Å². The van der Waals surface area contributed by atoms with Gasteiger partial charge < -0.3 is 4.90 Å².